The predicted molar refractivity (Wildman–Crippen MR) is 135 cm³/mol. The number of ether oxygens (including phenoxy) is 4. The van der Waals surface area contributed by atoms with Crippen molar-refractivity contribution in [3.8, 4) is 0 Å². The van der Waals surface area contributed by atoms with Crippen LogP contribution in [0.1, 0.15) is 71.9 Å². The maximum atomic E-state index is 13.9. The number of nitrogen functional groups attached to an aromatic ring is 1. The van der Waals surface area contributed by atoms with Gasteiger partial charge in [0, 0.05) is 11.8 Å². The van der Waals surface area contributed by atoms with Crippen LogP contribution in [0.25, 0.3) is 11.2 Å². The van der Waals surface area contributed by atoms with Crippen molar-refractivity contribution in [2.24, 2.45) is 29.1 Å². The maximum absolute atomic E-state index is 13.9. The minimum atomic E-state index is -1.19. The lowest BCUT2D eigenvalue weighted by atomic mass is 9.50. The van der Waals surface area contributed by atoms with Crippen LogP contribution in [-0.2, 0) is 23.7 Å². The van der Waals surface area contributed by atoms with Crippen LogP contribution in [0, 0.1) is 35.2 Å². The first-order valence-corrected chi connectivity index (χ1v) is 13.9. The van der Waals surface area contributed by atoms with E-state index in [-0.39, 0.29) is 41.3 Å². The van der Waals surface area contributed by atoms with E-state index in [0.717, 1.165) is 37.0 Å². The van der Waals surface area contributed by atoms with Crippen molar-refractivity contribution in [2.45, 2.75) is 83.6 Å². The third-order valence-corrected chi connectivity index (χ3v) is 9.10. The first-order chi connectivity index (χ1) is 18.5. The van der Waals surface area contributed by atoms with Crippen LogP contribution in [0.15, 0.2) is 6.33 Å². The molecule has 5 fully saturated rings. The maximum Gasteiger partial charge on any atom is 0.508 e. The Hall–Kier alpha value is -3.02. The smallest absolute Gasteiger partial charge is 0.459 e. The molecule has 4 bridgehead atoms. The highest BCUT2D eigenvalue weighted by atomic mass is 19.1. The quantitative estimate of drug-likeness (QED) is 0.398. The molecule has 0 amide bonds. The third-order valence-electron chi connectivity index (χ3n) is 9.10. The predicted octanol–water partition coefficient (Wildman–Crippen LogP) is 4.16. The average molecular weight is 546 g/mol. The molecule has 1 aliphatic heterocycles. The number of aromatic nitrogens is 4. The molecule has 2 aromatic rings. The molecule has 39 heavy (non-hydrogen) atoms. The fraction of sp³-hybridized carbons (Fsp3) is 0.741. The molecule has 0 aromatic carbocycles. The SMILES string of the molecule is CC(C)C(=O)O[C@H]1C[C@H](n2cnc3c(N)nc(F)nc32)O[C@]1(C)COC(=O)OCC12CC3CC(CC(C3)C1)C2. The fourth-order valence-corrected chi connectivity index (χ4v) is 7.66. The van der Waals surface area contributed by atoms with Gasteiger partial charge in [0.2, 0.25) is 0 Å². The molecular weight excluding hydrogens is 509 g/mol. The van der Waals surface area contributed by atoms with Gasteiger partial charge in [-0.2, -0.15) is 14.4 Å². The second-order valence-electron chi connectivity index (χ2n) is 12.6. The van der Waals surface area contributed by atoms with E-state index >= 15 is 0 Å². The van der Waals surface area contributed by atoms with Gasteiger partial charge in [0.25, 0.3) is 0 Å². The van der Waals surface area contributed by atoms with Crippen LogP contribution in [0.3, 0.4) is 0 Å². The van der Waals surface area contributed by atoms with E-state index in [9.17, 15) is 14.0 Å². The lowest BCUT2D eigenvalue weighted by Crippen LogP contribution is -2.48. The van der Waals surface area contributed by atoms with E-state index in [1.807, 2.05) is 0 Å². The summed E-state index contributed by atoms with van der Waals surface area (Å²) >= 11 is 0. The molecule has 212 valence electrons. The highest BCUT2D eigenvalue weighted by Gasteiger charge is 2.52. The van der Waals surface area contributed by atoms with Crippen molar-refractivity contribution in [1.82, 2.24) is 19.5 Å². The monoisotopic (exact) mass is 545 g/mol. The van der Waals surface area contributed by atoms with Gasteiger partial charge in [-0.3, -0.25) is 9.36 Å². The van der Waals surface area contributed by atoms with Crippen LogP contribution in [0.5, 0.6) is 0 Å². The lowest BCUT2D eigenvalue weighted by Gasteiger charge is -2.56. The summed E-state index contributed by atoms with van der Waals surface area (Å²) in [6, 6.07) is 0. The van der Waals surface area contributed by atoms with Gasteiger partial charge in [0.15, 0.2) is 17.0 Å². The Morgan fingerprint density at radius 1 is 1.10 bits per heavy atom. The van der Waals surface area contributed by atoms with Crippen molar-refractivity contribution in [2.75, 3.05) is 18.9 Å². The molecule has 11 nitrogen and oxygen atoms in total. The zero-order valence-corrected chi connectivity index (χ0v) is 22.6. The molecule has 0 unspecified atom stereocenters. The van der Waals surface area contributed by atoms with Gasteiger partial charge < -0.3 is 24.7 Å². The van der Waals surface area contributed by atoms with Crippen molar-refractivity contribution in [3.63, 3.8) is 0 Å². The summed E-state index contributed by atoms with van der Waals surface area (Å²) in [7, 11) is 0. The van der Waals surface area contributed by atoms with Crippen LogP contribution in [0.2, 0.25) is 0 Å². The number of nitrogens with zero attached hydrogens (tertiary/aromatic N) is 4. The summed E-state index contributed by atoms with van der Waals surface area (Å²) in [4.78, 5) is 36.8. The number of rotatable bonds is 7. The van der Waals surface area contributed by atoms with Gasteiger partial charge in [-0.25, -0.2) is 9.78 Å². The molecule has 0 spiro atoms. The molecule has 3 heterocycles. The Balaban J connectivity index is 1.14. The number of carbonyl (C=O) groups excluding carboxylic acids is 2. The lowest BCUT2D eigenvalue weighted by molar-refractivity contribution is -0.169. The van der Waals surface area contributed by atoms with Gasteiger partial charge in [-0.15, -0.1) is 0 Å². The topological polar surface area (TPSA) is 141 Å². The fourth-order valence-electron chi connectivity index (χ4n) is 7.66. The van der Waals surface area contributed by atoms with Crippen LogP contribution in [0.4, 0.5) is 15.0 Å². The summed E-state index contributed by atoms with van der Waals surface area (Å²) < 4.78 is 38.7. The summed E-state index contributed by atoms with van der Waals surface area (Å²) in [6.45, 7) is 5.35. The Morgan fingerprint density at radius 3 is 2.38 bits per heavy atom. The molecular formula is C27H36FN5O6. The molecule has 2 N–H and O–H groups in total. The van der Waals surface area contributed by atoms with E-state index in [0.29, 0.717) is 6.61 Å². The van der Waals surface area contributed by atoms with Crippen molar-refractivity contribution in [1.29, 1.82) is 0 Å². The largest absolute Gasteiger partial charge is 0.508 e. The van der Waals surface area contributed by atoms with E-state index in [1.165, 1.54) is 30.2 Å². The molecule has 5 aliphatic rings. The highest BCUT2D eigenvalue weighted by Crippen LogP contribution is 2.60. The number of halogens is 1. The Labute approximate surface area is 225 Å². The van der Waals surface area contributed by atoms with Crippen molar-refractivity contribution >= 4 is 29.1 Å². The van der Waals surface area contributed by atoms with Crippen LogP contribution >= 0.6 is 0 Å². The molecule has 7 rings (SSSR count). The molecule has 3 atom stereocenters. The molecule has 4 saturated carbocycles. The summed E-state index contributed by atoms with van der Waals surface area (Å²) in [5, 5.41) is 0. The number of hydrogen-bond donors (Lipinski definition) is 1. The number of carbonyl (C=O) groups is 2. The van der Waals surface area contributed by atoms with E-state index in [2.05, 4.69) is 15.0 Å². The normalized spacial score (nSPS) is 35.1. The van der Waals surface area contributed by atoms with Crippen molar-refractivity contribution in [3.05, 3.63) is 12.4 Å². The first-order valence-electron chi connectivity index (χ1n) is 13.9. The van der Waals surface area contributed by atoms with Gasteiger partial charge in [-0.1, -0.05) is 13.8 Å². The zero-order valence-electron chi connectivity index (χ0n) is 22.6. The first kappa shape index (κ1) is 26.2. The zero-order chi connectivity index (χ0) is 27.5. The number of imidazole rings is 1. The van der Waals surface area contributed by atoms with Gasteiger partial charge in [0.05, 0.1) is 12.2 Å². The molecule has 12 heteroatoms. The Bertz CT molecular complexity index is 1250. The second-order valence-corrected chi connectivity index (χ2v) is 12.6. The van der Waals surface area contributed by atoms with Crippen LogP contribution < -0.4 is 5.73 Å². The number of anilines is 1. The van der Waals surface area contributed by atoms with E-state index < -0.39 is 36.1 Å². The van der Waals surface area contributed by atoms with Crippen LogP contribution in [-0.4, -0.2) is 56.6 Å². The number of esters is 1. The van der Waals surface area contributed by atoms with E-state index in [4.69, 9.17) is 24.7 Å². The van der Waals surface area contributed by atoms with Gasteiger partial charge in [0.1, 0.15) is 31.1 Å². The molecule has 2 aromatic heterocycles. The number of fused-ring (bicyclic) bond motifs is 1. The summed E-state index contributed by atoms with van der Waals surface area (Å²) in [5.74, 6) is 1.39. The second kappa shape index (κ2) is 9.57. The van der Waals surface area contributed by atoms with E-state index in [1.54, 1.807) is 20.8 Å². The molecule has 1 saturated heterocycles. The standard InChI is InChI=1S/C27H36FN5O6/c1-14(2)23(34)38-18-7-19(33-13-30-20-21(29)31-24(28)32-22(20)33)39-26(18,3)11-36-25(35)37-12-27-8-15-4-16(9-27)6-17(5-15)10-27/h13-19H,4-12H2,1-3H3,(H2,29,31,32)/t15?,16?,17?,18-,19+,26+,27?/m0/s1. The number of hydrogen-bond acceptors (Lipinski definition) is 10. The Kier molecular flexibility index (Phi) is 6.43. The highest BCUT2D eigenvalue weighted by molar-refractivity contribution is 5.81. The minimum absolute atomic E-state index is 0.0728. The third kappa shape index (κ3) is 4.92. The van der Waals surface area contributed by atoms with Gasteiger partial charge in [-0.05, 0) is 63.2 Å². The van der Waals surface area contributed by atoms with Crippen molar-refractivity contribution < 1.29 is 32.9 Å². The average Bonchev–Trinajstić information content (AvgIpc) is 3.42. The molecule has 0 radical (unpaired) electrons. The summed E-state index contributed by atoms with van der Waals surface area (Å²) in [5.41, 5.74) is 5.07. The van der Waals surface area contributed by atoms with Gasteiger partial charge >= 0.3 is 18.2 Å². The minimum Gasteiger partial charge on any atom is -0.459 e. The Morgan fingerprint density at radius 2 is 1.74 bits per heavy atom. The molecule has 4 aliphatic carbocycles. The number of nitrogens with two attached hydrogens (primary N) is 1. The summed E-state index contributed by atoms with van der Waals surface area (Å²) in [6.07, 6.45) is 5.70.